The van der Waals surface area contributed by atoms with Crippen molar-refractivity contribution in [3.8, 4) is 0 Å². The van der Waals surface area contributed by atoms with Crippen molar-refractivity contribution in [2.45, 2.75) is 13.1 Å². The number of amides is 1. The number of hydrogen-bond donors (Lipinski definition) is 2. The molecule has 0 spiro atoms. The summed E-state index contributed by atoms with van der Waals surface area (Å²) in [6.45, 7) is 3.74. The zero-order valence-electron chi connectivity index (χ0n) is 10.7. The van der Waals surface area contributed by atoms with Gasteiger partial charge in [0, 0.05) is 19.3 Å². The Morgan fingerprint density at radius 3 is 2.35 bits per heavy atom. The number of pyridine rings is 1. The van der Waals surface area contributed by atoms with Crippen LogP contribution in [0, 0.1) is 0 Å². The Morgan fingerprint density at radius 2 is 1.90 bits per heavy atom. The van der Waals surface area contributed by atoms with E-state index in [1.807, 2.05) is 6.92 Å². The molecule has 1 amide bonds. The molecule has 9 heteroatoms. The summed E-state index contributed by atoms with van der Waals surface area (Å²) < 4.78 is 36.7. The largest absolute Gasteiger partial charge is 0.433 e. The summed E-state index contributed by atoms with van der Waals surface area (Å²) in [5.41, 5.74) is -0.897. The zero-order valence-corrected chi connectivity index (χ0v) is 12.3. The smallest absolute Gasteiger partial charge is 0.351 e. The number of carbonyl (C=O) groups is 1. The minimum atomic E-state index is -4.49. The molecule has 0 saturated heterocycles. The lowest BCUT2D eigenvalue weighted by Gasteiger charge is -2.07. The van der Waals surface area contributed by atoms with E-state index in [9.17, 15) is 18.0 Å². The van der Waals surface area contributed by atoms with Crippen LogP contribution in [0.1, 0.15) is 23.0 Å². The number of carbonyl (C=O) groups excluding carboxylic acids is 1. The van der Waals surface area contributed by atoms with Crippen LogP contribution in [-0.2, 0) is 6.18 Å². The van der Waals surface area contributed by atoms with E-state index in [4.69, 9.17) is 0 Å². The van der Waals surface area contributed by atoms with Crippen molar-refractivity contribution in [3.05, 3.63) is 29.6 Å². The van der Waals surface area contributed by atoms with Gasteiger partial charge in [-0.3, -0.25) is 9.78 Å². The van der Waals surface area contributed by atoms with Crippen LogP contribution in [0.4, 0.5) is 13.2 Å². The molecular weight excluding hydrogens is 318 g/mol. The van der Waals surface area contributed by atoms with Crippen LogP contribution in [0.5, 0.6) is 0 Å². The Bertz CT molecular complexity index is 399. The number of aromatic nitrogens is 1. The maximum Gasteiger partial charge on any atom is 0.433 e. The minimum absolute atomic E-state index is 0. The highest BCUT2D eigenvalue weighted by atomic mass is 35.5. The highest BCUT2D eigenvalue weighted by molar-refractivity contribution is 5.93. The molecule has 116 valence electrons. The highest BCUT2D eigenvalue weighted by Crippen LogP contribution is 2.27. The molecule has 0 saturated carbocycles. The second-order valence-electron chi connectivity index (χ2n) is 3.54. The van der Waals surface area contributed by atoms with Gasteiger partial charge in [0.2, 0.25) is 0 Å². The van der Waals surface area contributed by atoms with Gasteiger partial charge in [-0.1, -0.05) is 6.92 Å². The quantitative estimate of drug-likeness (QED) is 0.813. The Hall–Kier alpha value is -1.05. The van der Waals surface area contributed by atoms with Gasteiger partial charge in [-0.05, 0) is 18.7 Å². The number of nitrogens with zero attached hydrogens (tertiary/aromatic N) is 1. The minimum Gasteiger partial charge on any atom is -0.351 e. The molecule has 0 bridgehead atoms. The molecule has 0 aromatic carbocycles. The van der Waals surface area contributed by atoms with E-state index >= 15 is 0 Å². The van der Waals surface area contributed by atoms with Crippen molar-refractivity contribution < 1.29 is 18.0 Å². The Labute approximate surface area is 127 Å². The predicted octanol–water partition coefficient (Wildman–Crippen LogP) is 2.28. The summed E-state index contributed by atoms with van der Waals surface area (Å²) in [6.07, 6.45) is -3.56. The van der Waals surface area contributed by atoms with Crippen molar-refractivity contribution >= 4 is 30.7 Å². The number of rotatable bonds is 5. The SMILES string of the molecule is CCNCCNC(=O)c1ccc(C(F)(F)F)nc1.Cl.Cl. The van der Waals surface area contributed by atoms with Gasteiger partial charge in [-0.2, -0.15) is 13.2 Å². The molecule has 2 N–H and O–H groups in total. The number of halogens is 5. The third kappa shape index (κ3) is 6.93. The normalized spacial score (nSPS) is 10.2. The molecule has 0 radical (unpaired) electrons. The van der Waals surface area contributed by atoms with Gasteiger partial charge in [-0.25, -0.2) is 0 Å². The Kier molecular flexibility index (Phi) is 10.4. The van der Waals surface area contributed by atoms with Crippen molar-refractivity contribution in [1.82, 2.24) is 15.6 Å². The predicted molar refractivity (Wildman–Crippen MR) is 74.6 cm³/mol. The highest BCUT2D eigenvalue weighted by Gasteiger charge is 2.32. The second kappa shape index (κ2) is 9.79. The molecule has 1 rings (SSSR count). The average Bonchev–Trinajstić information content (AvgIpc) is 2.33. The van der Waals surface area contributed by atoms with E-state index in [1.165, 1.54) is 0 Å². The molecule has 0 aliphatic heterocycles. The molecule has 0 unspecified atom stereocenters. The summed E-state index contributed by atoms with van der Waals surface area (Å²) >= 11 is 0. The number of alkyl halides is 3. The van der Waals surface area contributed by atoms with Gasteiger partial charge in [0.25, 0.3) is 5.91 Å². The fourth-order valence-corrected chi connectivity index (χ4v) is 1.24. The third-order valence-corrected chi connectivity index (χ3v) is 2.15. The molecule has 1 aromatic rings. The molecule has 0 aliphatic carbocycles. The van der Waals surface area contributed by atoms with Crippen molar-refractivity contribution in [3.63, 3.8) is 0 Å². The lowest BCUT2D eigenvalue weighted by atomic mass is 10.2. The molecular formula is C11H16Cl2F3N3O. The van der Waals surface area contributed by atoms with E-state index in [-0.39, 0.29) is 30.4 Å². The first kappa shape index (κ1) is 21.3. The van der Waals surface area contributed by atoms with Crippen molar-refractivity contribution in [2.24, 2.45) is 0 Å². The van der Waals surface area contributed by atoms with Gasteiger partial charge in [0.05, 0.1) is 5.56 Å². The molecule has 1 aromatic heterocycles. The average molecular weight is 334 g/mol. The summed E-state index contributed by atoms with van der Waals surface area (Å²) in [4.78, 5) is 14.7. The van der Waals surface area contributed by atoms with Gasteiger partial charge in [-0.15, -0.1) is 24.8 Å². The first-order chi connectivity index (χ1) is 8.45. The Morgan fingerprint density at radius 1 is 1.25 bits per heavy atom. The van der Waals surface area contributed by atoms with Crippen LogP contribution >= 0.6 is 24.8 Å². The topological polar surface area (TPSA) is 54.0 Å². The monoisotopic (exact) mass is 333 g/mol. The summed E-state index contributed by atoms with van der Waals surface area (Å²) in [5.74, 6) is -0.436. The van der Waals surface area contributed by atoms with Crippen LogP contribution in [0.3, 0.4) is 0 Å². The summed E-state index contributed by atoms with van der Waals surface area (Å²) in [5, 5.41) is 5.57. The fourth-order valence-electron chi connectivity index (χ4n) is 1.24. The van der Waals surface area contributed by atoms with E-state index in [2.05, 4.69) is 15.6 Å². The lowest BCUT2D eigenvalue weighted by molar-refractivity contribution is -0.141. The van der Waals surface area contributed by atoms with E-state index < -0.39 is 17.8 Å². The van der Waals surface area contributed by atoms with E-state index in [0.717, 1.165) is 24.9 Å². The zero-order chi connectivity index (χ0) is 13.6. The van der Waals surface area contributed by atoms with Crippen LogP contribution in [-0.4, -0.2) is 30.5 Å². The standard InChI is InChI=1S/C11H14F3N3O.2ClH/c1-2-15-5-6-16-10(18)8-3-4-9(17-7-8)11(12,13)14;;/h3-4,7,15H,2,5-6H2,1H3,(H,16,18);2*1H. The van der Waals surface area contributed by atoms with Gasteiger partial charge >= 0.3 is 6.18 Å². The number of nitrogens with one attached hydrogen (secondary N) is 2. The summed E-state index contributed by atoms with van der Waals surface area (Å²) in [7, 11) is 0. The van der Waals surface area contributed by atoms with Crippen LogP contribution in [0.15, 0.2) is 18.3 Å². The lowest BCUT2D eigenvalue weighted by Crippen LogP contribution is -2.31. The fraction of sp³-hybridized carbons (Fsp3) is 0.455. The molecule has 4 nitrogen and oxygen atoms in total. The van der Waals surface area contributed by atoms with Gasteiger partial charge < -0.3 is 10.6 Å². The molecule has 20 heavy (non-hydrogen) atoms. The first-order valence-electron chi connectivity index (χ1n) is 5.47. The first-order valence-corrected chi connectivity index (χ1v) is 5.47. The summed E-state index contributed by atoms with van der Waals surface area (Å²) in [6, 6.07) is 1.90. The number of likely N-dealkylation sites (N-methyl/N-ethyl adjacent to an activating group) is 1. The van der Waals surface area contributed by atoms with Crippen LogP contribution in [0.25, 0.3) is 0 Å². The van der Waals surface area contributed by atoms with E-state index in [1.54, 1.807) is 0 Å². The second-order valence-corrected chi connectivity index (χ2v) is 3.54. The van der Waals surface area contributed by atoms with Crippen molar-refractivity contribution in [1.29, 1.82) is 0 Å². The number of hydrogen-bond acceptors (Lipinski definition) is 3. The molecule has 0 atom stereocenters. The molecule has 1 heterocycles. The maximum atomic E-state index is 12.2. The molecule has 0 fully saturated rings. The van der Waals surface area contributed by atoms with Crippen LogP contribution < -0.4 is 10.6 Å². The van der Waals surface area contributed by atoms with Gasteiger partial charge in [0.1, 0.15) is 5.69 Å². The van der Waals surface area contributed by atoms with Gasteiger partial charge in [0.15, 0.2) is 0 Å². The van der Waals surface area contributed by atoms with Crippen LogP contribution in [0.2, 0.25) is 0 Å². The third-order valence-electron chi connectivity index (χ3n) is 2.15. The maximum absolute atomic E-state index is 12.2. The Balaban J connectivity index is 0. The molecule has 0 aliphatic rings. The van der Waals surface area contributed by atoms with E-state index in [0.29, 0.717) is 13.1 Å². The van der Waals surface area contributed by atoms with Crippen molar-refractivity contribution in [2.75, 3.05) is 19.6 Å².